The summed E-state index contributed by atoms with van der Waals surface area (Å²) in [5.41, 5.74) is 7.62. The molecule has 0 heterocycles. The van der Waals surface area contributed by atoms with Gasteiger partial charge in [0.2, 0.25) is 0 Å². The Bertz CT molecular complexity index is 555. The molecule has 0 atom stereocenters. The summed E-state index contributed by atoms with van der Waals surface area (Å²) in [6.45, 7) is 0.488. The topological polar surface area (TPSA) is 55.1 Å². The third-order valence-corrected chi connectivity index (χ3v) is 2.90. The number of anilines is 1. The standard InChI is InChI=1S/C14H13ClN2O/c15-12-7-6-11(8-13(12)16)14(18)17-9-10-4-2-1-3-5-10/h1-8H,9,16H2,(H,17,18). The van der Waals surface area contributed by atoms with Gasteiger partial charge in [-0.05, 0) is 23.8 Å². The second-order valence-corrected chi connectivity index (χ2v) is 4.31. The molecule has 3 N–H and O–H groups in total. The van der Waals surface area contributed by atoms with Gasteiger partial charge in [0.05, 0.1) is 10.7 Å². The number of amides is 1. The lowest BCUT2D eigenvalue weighted by molar-refractivity contribution is 0.0951. The van der Waals surface area contributed by atoms with Crippen molar-refractivity contribution in [2.75, 3.05) is 5.73 Å². The van der Waals surface area contributed by atoms with Crippen molar-refractivity contribution in [2.45, 2.75) is 6.54 Å². The summed E-state index contributed by atoms with van der Waals surface area (Å²) in [5.74, 6) is -0.165. The van der Waals surface area contributed by atoms with Gasteiger partial charge in [-0.25, -0.2) is 0 Å². The fourth-order valence-electron chi connectivity index (χ4n) is 1.57. The molecule has 0 bridgehead atoms. The number of hydrogen-bond acceptors (Lipinski definition) is 2. The molecule has 92 valence electrons. The quantitative estimate of drug-likeness (QED) is 0.834. The SMILES string of the molecule is Nc1cc(C(=O)NCc2ccccc2)ccc1Cl. The zero-order valence-corrected chi connectivity index (χ0v) is 10.4. The summed E-state index contributed by atoms with van der Waals surface area (Å²) < 4.78 is 0. The monoisotopic (exact) mass is 260 g/mol. The molecule has 0 saturated carbocycles. The average molecular weight is 261 g/mol. The average Bonchev–Trinajstić information content (AvgIpc) is 2.40. The summed E-state index contributed by atoms with van der Waals surface area (Å²) in [5, 5.41) is 3.28. The van der Waals surface area contributed by atoms with Crippen LogP contribution in [0.2, 0.25) is 5.02 Å². The molecule has 0 aliphatic carbocycles. The van der Waals surface area contributed by atoms with Crippen molar-refractivity contribution in [3.05, 3.63) is 64.7 Å². The minimum absolute atomic E-state index is 0.165. The molecule has 2 rings (SSSR count). The highest BCUT2D eigenvalue weighted by Crippen LogP contribution is 2.19. The van der Waals surface area contributed by atoms with E-state index in [9.17, 15) is 4.79 Å². The molecule has 0 aromatic heterocycles. The normalized spacial score (nSPS) is 10.1. The smallest absolute Gasteiger partial charge is 0.251 e. The second-order valence-electron chi connectivity index (χ2n) is 3.90. The van der Waals surface area contributed by atoms with E-state index in [1.165, 1.54) is 0 Å². The van der Waals surface area contributed by atoms with Crippen molar-refractivity contribution >= 4 is 23.2 Å². The van der Waals surface area contributed by atoms with E-state index in [0.717, 1.165) is 5.56 Å². The van der Waals surface area contributed by atoms with Crippen LogP contribution in [0.25, 0.3) is 0 Å². The summed E-state index contributed by atoms with van der Waals surface area (Å²) in [6.07, 6.45) is 0. The van der Waals surface area contributed by atoms with Gasteiger partial charge in [0.15, 0.2) is 0 Å². The molecular formula is C14H13ClN2O. The highest BCUT2D eigenvalue weighted by atomic mass is 35.5. The molecule has 0 fully saturated rings. The molecule has 2 aromatic rings. The Kier molecular flexibility index (Phi) is 3.85. The number of carbonyl (C=O) groups excluding carboxylic acids is 1. The van der Waals surface area contributed by atoms with Crippen LogP contribution in [0.15, 0.2) is 48.5 Å². The predicted molar refractivity (Wildman–Crippen MR) is 73.5 cm³/mol. The highest BCUT2D eigenvalue weighted by molar-refractivity contribution is 6.33. The Morgan fingerprint density at radius 2 is 1.89 bits per heavy atom. The van der Waals surface area contributed by atoms with Crippen molar-refractivity contribution in [1.82, 2.24) is 5.32 Å². The van der Waals surface area contributed by atoms with Gasteiger partial charge in [0.1, 0.15) is 0 Å². The van der Waals surface area contributed by atoms with Gasteiger partial charge in [-0.3, -0.25) is 4.79 Å². The highest BCUT2D eigenvalue weighted by Gasteiger charge is 2.06. The maximum Gasteiger partial charge on any atom is 0.251 e. The van der Waals surface area contributed by atoms with Gasteiger partial charge in [-0.1, -0.05) is 41.9 Å². The number of halogens is 1. The Morgan fingerprint density at radius 1 is 1.17 bits per heavy atom. The zero-order valence-electron chi connectivity index (χ0n) is 9.69. The predicted octanol–water partition coefficient (Wildman–Crippen LogP) is 2.85. The Hall–Kier alpha value is -2.00. The minimum Gasteiger partial charge on any atom is -0.398 e. The van der Waals surface area contributed by atoms with E-state index in [0.29, 0.717) is 22.8 Å². The van der Waals surface area contributed by atoms with Crippen LogP contribution in [-0.2, 0) is 6.54 Å². The molecule has 3 nitrogen and oxygen atoms in total. The molecule has 1 amide bonds. The van der Waals surface area contributed by atoms with Crippen LogP contribution in [0.5, 0.6) is 0 Å². The molecular weight excluding hydrogens is 248 g/mol. The molecule has 0 spiro atoms. The van der Waals surface area contributed by atoms with E-state index < -0.39 is 0 Å². The second kappa shape index (κ2) is 5.56. The van der Waals surface area contributed by atoms with Crippen molar-refractivity contribution in [1.29, 1.82) is 0 Å². The fourth-order valence-corrected chi connectivity index (χ4v) is 1.68. The van der Waals surface area contributed by atoms with Crippen molar-refractivity contribution in [3.63, 3.8) is 0 Å². The summed E-state index contributed by atoms with van der Waals surface area (Å²) in [4.78, 5) is 11.9. The van der Waals surface area contributed by atoms with E-state index in [2.05, 4.69) is 5.32 Å². The number of nitrogens with one attached hydrogen (secondary N) is 1. The lowest BCUT2D eigenvalue weighted by Crippen LogP contribution is -2.22. The van der Waals surface area contributed by atoms with E-state index in [1.807, 2.05) is 30.3 Å². The van der Waals surface area contributed by atoms with Crippen molar-refractivity contribution in [3.8, 4) is 0 Å². The first-order chi connectivity index (χ1) is 8.66. The molecule has 2 aromatic carbocycles. The van der Waals surface area contributed by atoms with Crippen LogP contribution in [0.4, 0.5) is 5.69 Å². The maximum atomic E-state index is 11.9. The summed E-state index contributed by atoms with van der Waals surface area (Å²) in [7, 11) is 0. The number of carbonyl (C=O) groups is 1. The van der Waals surface area contributed by atoms with Crippen LogP contribution in [0.1, 0.15) is 15.9 Å². The third-order valence-electron chi connectivity index (χ3n) is 2.55. The maximum absolute atomic E-state index is 11.9. The molecule has 0 unspecified atom stereocenters. The van der Waals surface area contributed by atoms with Gasteiger partial charge in [-0.2, -0.15) is 0 Å². The van der Waals surface area contributed by atoms with E-state index in [-0.39, 0.29) is 5.91 Å². The number of nitrogen functional groups attached to an aromatic ring is 1. The molecule has 0 aliphatic rings. The Balaban J connectivity index is 2.02. The lowest BCUT2D eigenvalue weighted by Gasteiger charge is -2.06. The zero-order chi connectivity index (χ0) is 13.0. The molecule has 0 aliphatic heterocycles. The molecule has 0 saturated heterocycles. The van der Waals surface area contributed by atoms with Crippen LogP contribution < -0.4 is 11.1 Å². The molecule has 0 radical (unpaired) electrons. The fraction of sp³-hybridized carbons (Fsp3) is 0.0714. The largest absolute Gasteiger partial charge is 0.398 e. The first-order valence-electron chi connectivity index (χ1n) is 5.54. The van der Waals surface area contributed by atoms with Crippen LogP contribution in [0.3, 0.4) is 0 Å². The Labute approximate surface area is 111 Å². The van der Waals surface area contributed by atoms with Gasteiger partial charge in [0, 0.05) is 12.1 Å². The van der Waals surface area contributed by atoms with Gasteiger partial charge < -0.3 is 11.1 Å². The number of benzene rings is 2. The number of nitrogens with two attached hydrogens (primary N) is 1. The van der Waals surface area contributed by atoms with Gasteiger partial charge >= 0.3 is 0 Å². The van der Waals surface area contributed by atoms with Crippen molar-refractivity contribution < 1.29 is 4.79 Å². The lowest BCUT2D eigenvalue weighted by atomic mass is 10.1. The summed E-state index contributed by atoms with van der Waals surface area (Å²) in [6, 6.07) is 14.6. The minimum atomic E-state index is -0.165. The number of hydrogen-bond donors (Lipinski definition) is 2. The first-order valence-corrected chi connectivity index (χ1v) is 5.92. The van der Waals surface area contributed by atoms with E-state index in [4.69, 9.17) is 17.3 Å². The Morgan fingerprint density at radius 3 is 2.56 bits per heavy atom. The molecule has 18 heavy (non-hydrogen) atoms. The van der Waals surface area contributed by atoms with Crippen LogP contribution in [0, 0.1) is 0 Å². The number of rotatable bonds is 3. The van der Waals surface area contributed by atoms with Crippen molar-refractivity contribution in [2.24, 2.45) is 0 Å². The first kappa shape index (κ1) is 12.5. The van der Waals surface area contributed by atoms with Gasteiger partial charge in [0.25, 0.3) is 5.91 Å². The van der Waals surface area contributed by atoms with E-state index in [1.54, 1.807) is 18.2 Å². The molecule has 4 heteroatoms. The summed E-state index contributed by atoms with van der Waals surface area (Å²) >= 11 is 5.80. The van der Waals surface area contributed by atoms with Crippen LogP contribution in [-0.4, -0.2) is 5.91 Å². The van der Waals surface area contributed by atoms with E-state index >= 15 is 0 Å². The van der Waals surface area contributed by atoms with Gasteiger partial charge in [-0.15, -0.1) is 0 Å². The van der Waals surface area contributed by atoms with Crippen LogP contribution >= 0.6 is 11.6 Å². The third kappa shape index (κ3) is 3.02.